The molecule has 0 amide bonds. The van der Waals surface area contributed by atoms with Gasteiger partial charge in [-0.15, -0.1) is 0 Å². The van der Waals surface area contributed by atoms with Gasteiger partial charge in [0.05, 0.1) is 11.8 Å². The van der Waals surface area contributed by atoms with Gasteiger partial charge in [0.2, 0.25) is 5.78 Å². The van der Waals surface area contributed by atoms with Crippen molar-refractivity contribution in [2.75, 3.05) is 0 Å². The lowest BCUT2D eigenvalue weighted by Crippen LogP contribution is -2.02. The number of oxazole rings is 1. The highest BCUT2D eigenvalue weighted by atomic mass is 16.5. The first-order valence-electron chi connectivity index (χ1n) is 10.0. The van der Waals surface area contributed by atoms with Gasteiger partial charge >= 0.3 is 5.97 Å². The van der Waals surface area contributed by atoms with E-state index in [1.807, 2.05) is 54.6 Å². The van der Waals surface area contributed by atoms with Crippen molar-refractivity contribution in [1.29, 1.82) is 0 Å². The number of rotatable bonds is 9. The zero-order chi connectivity index (χ0) is 22.3. The molecule has 2 aromatic heterocycles. The zero-order valence-corrected chi connectivity index (χ0v) is 17.1. The van der Waals surface area contributed by atoms with Crippen LogP contribution in [0.25, 0.3) is 11.5 Å². The minimum atomic E-state index is -1.06. The third kappa shape index (κ3) is 5.26. The Hall–Kier alpha value is -4.26. The average molecular weight is 428 g/mol. The van der Waals surface area contributed by atoms with Crippen molar-refractivity contribution in [2.24, 2.45) is 0 Å². The number of aryl methyl sites for hydroxylation is 1. The molecule has 0 saturated carbocycles. The van der Waals surface area contributed by atoms with Crippen LogP contribution in [0.2, 0.25) is 0 Å². The summed E-state index contributed by atoms with van der Waals surface area (Å²) in [6.07, 6.45) is 3.46. The fourth-order valence-corrected chi connectivity index (χ4v) is 3.04. The molecule has 0 aliphatic rings. The molecule has 160 valence electrons. The van der Waals surface area contributed by atoms with Gasteiger partial charge in [-0.1, -0.05) is 42.5 Å². The summed E-state index contributed by atoms with van der Waals surface area (Å²) in [4.78, 5) is 31.5. The van der Waals surface area contributed by atoms with Gasteiger partial charge in [-0.05, 0) is 41.8 Å². The van der Waals surface area contributed by atoms with E-state index in [4.69, 9.17) is 14.3 Å². The first-order valence-corrected chi connectivity index (χ1v) is 10.0. The van der Waals surface area contributed by atoms with Gasteiger partial charge in [0.25, 0.3) is 5.89 Å². The minimum Gasteiger partial charge on any atom is -0.489 e. The molecule has 4 aromatic rings. The normalized spacial score (nSPS) is 10.6. The van der Waals surface area contributed by atoms with Crippen molar-refractivity contribution in [1.82, 2.24) is 9.97 Å². The molecular weight excluding hydrogens is 408 g/mol. The second-order valence-electron chi connectivity index (χ2n) is 7.11. The Balaban J connectivity index is 1.30. The van der Waals surface area contributed by atoms with Gasteiger partial charge in [0.1, 0.15) is 18.1 Å². The fraction of sp³-hybridized carbons (Fsp3) is 0.120. The lowest BCUT2D eigenvalue weighted by Gasteiger charge is -2.07. The number of hydrogen-bond donors (Lipinski definition) is 1. The van der Waals surface area contributed by atoms with E-state index in [-0.39, 0.29) is 23.7 Å². The van der Waals surface area contributed by atoms with Crippen LogP contribution in [0.3, 0.4) is 0 Å². The van der Waals surface area contributed by atoms with Gasteiger partial charge in [0.15, 0.2) is 5.76 Å². The summed E-state index contributed by atoms with van der Waals surface area (Å²) in [7, 11) is 0. The van der Waals surface area contributed by atoms with E-state index in [0.29, 0.717) is 24.5 Å². The average Bonchev–Trinajstić information content (AvgIpc) is 3.33. The fourth-order valence-electron chi connectivity index (χ4n) is 3.04. The molecular formula is C25H20N2O5. The molecule has 7 nitrogen and oxygen atoms in total. The maximum atomic E-state index is 12.5. The predicted octanol–water partition coefficient (Wildman–Crippen LogP) is 4.83. The van der Waals surface area contributed by atoms with E-state index < -0.39 is 5.97 Å². The number of para-hydroxylation sites is 1. The summed E-state index contributed by atoms with van der Waals surface area (Å²) in [6.45, 7) is 0.476. The number of aromatic carboxylic acids is 1. The SMILES string of the molecule is O=C(O)c1ccc(-c2cnc(C(=O)CCc3ccc(COc4ccccc4)cc3)o2)nc1. The third-order valence-electron chi connectivity index (χ3n) is 4.82. The minimum absolute atomic E-state index is 0.0111. The summed E-state index contributed by atoms with van der Waals surface area (Å²) in [5, 5.41) is 8.94. The molecule has 7 heteroatoms. The number of aromatic nitrogens is 2. The Morgan fingerprint density at radius 2 is 1.62 bits per heavy atom. The standard InChI is InChI=1S/C25H20N2O5/c28-22(24-27-15-23(32-24)21-12-11-19(14-26-21)25(29)30)13-10-17-6-8-18(9-7-17)16-31-20-4-2-1-3-5-20/h1-9,11-12,14-15H,10,13,16H2,(H,29,30). The molecule has 0 aliphatic heterocycles. The molecule has 2 heterocycles. The largest absolute Gasteiger partial charge is 0.489 e. The molecule has 0 unspecified atom stereocenters. The summed E-state index contributed by atoms with van der Waals surface area (Å²) in [5.41, 5.74) is 2.55. The summed E-state index contributed by atoms with van der Waals surface area (Å²) in [5.74, 6) is -0.130. The van der Waals surface area contributed by atoms with Crippen molar-refractivity contribution >= 4 is 11.8 Å². The zero-order valence-electron chi connectivity index (χ0n) is 17.1. The van der Waals surface area contributed by atoms with Crippen LogP contribution < -0.4 is 4.74 Å². The van der Waals surface area contributed by atoms with Gasteiger partial charge in [-0.3, -0.25) is 9.78 Å². The second kappa shape index (κ2) is 9.70. The lowest BCUT2D eigenvalue weighted by molar-refractivity contribution is 0.0696. The molecule has 0 saturated heterocycles. The van der Waals surface area contributed by atoms with E-state index in [0.717, 1.165) is 16.9 Å². The Morgan fingerprint density at radius 3 is 2.31 bits per heavy atom. The molecule has 0 atom stereocenters. The van der Waals surface area contributed by atoms with Crippen molar-refractivity contribution in [3.05, 3.63) is 102 Å². The maximum Gasteiger partial charge on any atom is 0.337 e. The molecule has 0 fully saturated rings. The van der Waals surface area contributed by atoms with Crippen LogP contribution in [0.4, 0.5) is 0 Å². The van der Waals surface area contributed by atoms with Crippen LogP contribution in [0.5, 0.6) is 5.75 Å². The molecule has 0 aliphatic carbocycles. The first-order chi connectivity index (χ1) is 15.6. The Kier molecular flexibility index (Phi) is 6.36. The highest BCUT2D eigenvalue weighted by Crippen LogP contribution is 2.20. The van der Waals surface area contributed by atoms with E-state index >= 15 is 0 Å². The number of ketones is 1. The monoisotopic (exact) mass is 428 g/mol. The number of carboxylic acids is 1. The number of carboxylic acid groups (broad SMARTS) is 1. The lowest BCUT2D eigenvalue weighted by atomic mass is 10.1. The summed E-state index contributed by atoms with van der Waals surface area (Å²) < 4.78 is 11.3. The quantitative estimate of drug-likeness (QED) is 0.381. The van der Waals surface area contributed by atoms with Gasteiger partial charge < -0.3 is 14.3 Å². The number of carbonyl (C=O) groups is 2. The van der Waals surface area contributed by atoms with Gasteiger partial charge in [-0.2, -0.15) is 0 Å². The highest BCUT2D eigenvalue weighted by molar-refractivity contribution is 5.92. The third-order valence-corrected chi connectivity index (χ3v) is 4.82. The maximum absolute atomic E-state index is 12.5. The van der Waals surface area contributed by atoms with Crippen molar-refractivity contribution in [3.8, 4) is 17.2 Å². The number of carbonyl (C=O) groups excluding carboxylic acids is 1. The van der Waals surface area contributed by atoms with Gasteiger partial charge in [-0.25, -0.2) is 9.78 Å². The molecule has 0 radical (unpaired) electrons. The van der Waals surface area contributed by atoms with Crippen molar-refractivity contribution < 1.29 is 23.8 Å². The topological polar surface area (TPSA) is 103 Å². The van der Waals surface area contributed by atoms with Crippen LogP contribution >= 0.6 is 0 Å². The Morgan fingerprint density at radius 1 is 0.875 bits per heavy atom. The molecule has 2 aromatic carbocycles. The number of ether oxygens (including phenoxy) is 1. The van der Waals surface area contributed by atoms with Crippen LogP contribution in [-0.4, -0.2) is 26.8 Å². The summed E-state index contributed by atoms with van der Waals surface area (Å²) >= 11 is 0. The smallest absolute Gasteiger partial charge is 0.337 e. The van der Waals surface area contributed by atoms with E-state index in [1.165, 1.54) is 24.5 Å². The highest BCUT2D eigenvalue weighted by Gasteiger charge is 2.15. The van der Waals surface area contributed by atoms with E-state index in [9.17, 15) is 9.59 Å². The Labute approximate surface area is 184 Å². The first kappa shape index (κ1) is 21.0. The molecule has 32 heavy (non-hydrogen) atoms. The summed E-state index contributed by atoms with van der Waals surface area (Å²) in [6, 6.07) is 20.5. The van der Waals surface area contributed by atoms with Crippen molar-refractivity contribution in [3.63, 3.8) is 0 Å². The molecule has 1 N–H and O–H groups in total. The van der Waals surface area contributed by atoms with Crippen molar-refractivity contribution in [2.45, 2.75) is 19.4 Å². The Bertz CT molecular complexity index is 1200. The number of Topliss-reactive ketones (excluding diaryl/α,β-unsaturated/α-hetero) is 1. The molecule has 4 rings (SSSR count). The van der Waals surface area contributed by atoms with Crippen LogP contribution in [0.1, 0.15) is 38.6 Å². The number of nitrogens with zero attached hydrogens (tertiary/aromatic N) is 2. The van der Waals surface area contributed by atoms with E-state index in [1.54, 1.807) is 0 Å². The van der Waals surface area contributed by atoms with Crippen LogP contribution in [0.15, 0.2) is 83.5 Å². The molecule has 0 spiro atoms. The van der Waals surface area contributed by atoms with Gasteiger partial charge in [0, 0.05) is 12.6 Å². The molecule has 0 bridgehead atoms. The van der Waals surface area contributed by atoms with E-state index in [2.05, 4.69) is 9.97 Å². The second-order valence-corrected chi connectivity index (χ2v) is 7.11. The van der Waals surface area contributed by atoms with Crippen LogP contribution in [0, 0.1) is 0 Å². The number of benzene rings is 2. The number of hydrogen-bond acceptors (Lipinski definition) is 6. The van der Waals surface area contributed by atoms with Crippen LogP contribution in [-0.2, 0) is 13.0 Å². The predicted molar refractivity (Wildman–Crippen MR) is 117 cm³/mol. The number of pyridine rings is 1.